The van der Waals surface area contributed by atoms with Crippen molar-refractivity contribution in [3.8, 4) is 0 Å². The van der Waals surface area contributed by atoms with Crippen LogP contribution in [0.1, 0.15) is 38.3 Å². The summed E-state index contributed by atoms with van der Waals surface area (Å²) in [4.78, 5) is 0. The van der Waals surface area contributed by atoms with Crippen molar-refractivity contribution in [3.63, 3.8) is 0 Å². The smallest absolute Gasteiger partial charge is 0.133 e. The fourth-order valence-corrected chi connectivity index (χ4v) is 2.40. The second kappa shape index (κ2) is 5.63. The van der Waals surface area contributed by atoms with E-state index in [0.717, 1.165) is 43.7 Å². The summed E-state index contributed by atoms with van der Waals surface area (Å²) in [6.07, 6.45) is 3.55. The standard InChI is InChI=1S/C13H24N4/c1-10(2)5-7-17-11(3)15-16-13(17)8-12-4-6-14-9-12/h10,12,14H,4-9H2,1-3H3. The van der Waals surface area contributed by atoms with Crippen molar-refractivity contribution in [1.82, 2.24) is 20.1 Å². The number of hydrogen-bond acceptors (Lipinski definition) is 3. The van der Waals surface area contributed by atoms with Crippen LogP contribution in [0.15, 0.2) is 0 Å². The summed E-state index contributed by atoms with van der Waals surface area (Å²) in [5.74, 6) is 3.72. The third kappa shape index (κ3) is 3.28. The third-order valence-electron chi connectivity index (χ3n) is 3.58. The van der Waals surface area contributed by atoms with Crippen molar-refractivity contribution < 1.29 is 0 Å². The molecule has 1 unspecified atom stereocenters. The molecule has 1 aliphatic heterocycles. The van der Waals surface area contributed by atoms with Crippen LogP contribution >= 0.6 is 0 Å². The largest absolute Gasteiger partial charge is 0.316 e. The molecule has 0 aromatic carbocycles. The Morgan fingerprint density at radius 2 is 2.24 bits per heavy atom. The maximum absolute atomic E-state index is 4.34. The fraction of sp³-hybridized carbons (Fsp3) is 0.846. The van der Waals surface area contributed by atoms with Crippen LogP contribution in [0.5, 0.6) is 0 Å². The number of aromatic nitrogens is 3. The Hall–Kier alpha value is -0.900. The molecule has 96 valence electrons. The summed E-state index contributed by atoms with van der Waals surface area (Å²) < 4.78 is 2.30. The summed E-state index contributed by atoms with van der Waals surface area (Å²) >= 11 is 0. The van der Waals surface area contributed by atoms with Crippen molar-refractivity contribution >= 4 is 0 Å². The average Bonchev–Trinajstić information content (AvgIpc) is 2.88. The summed E-state index contributed by atoms with van der Waals surface area (Å²) in [5, 5.41) is 12.0. The summed E-state index contributed by atoms with van der Waals surface area (Å²) in [7, 11) is 0. The van der Waals surface area contributed by atoms with Crippen LogP contribution in [-0.4, -0.2) is 27.9 Å². The van der Waals surface area contributed by atoms with Gasteiger partial charge in [0.1, 0.15) is 11.6 Å². The van der Waals surface area contributed by atoms with Gasteiger partial charge in [-0.3, -0.25) is 0 Å². The van der Waals surface area contributed by atoms with E-state index in [1.807, 2.05) is 0 Å². The van der Waals surface area contributed by atoms with E-state index in [-0.39, 0.29) is 0 Å². The van der Waals surface area contributed by atoms with Crippen LogP contribution in [0.2, 0.25) is 0 Å². The zero-order valence-corrected chi connectivity index (χ0v) is 11.2. The van der Waals surface area contributed by atoms with Gasteiger partial charge in [0.2, 0.25) is 0 Å². The van der Waals surface area contributed by atoms with Crippen molar-refractivity contribution in [2.75, 3.05) is 13.1 Å². The van der Waals surface area contributed by atoms with E-state index >= 15 is 0 Å². The first-order valence-electron chi connectivity index (χ1n) is 6.76. The van der Waals surface area contributed by atoms with Crippen molar-refractivity contribution in [2.45, 2.75) is 46.6 Å². The van der Waals surface area contributed by atoms with E-state index in [1.54, 1.807) is 0 Å². The first-order valence-corrected chi connectivity index (χ1v) is 6.76. The second-order valence-corrected chi connectivity index (χ2v) is 5.56. The molecule has 1 fully saturated rings. The Morgan fingerprint density at radius 1 is 1.41 bits per heavy atom. The van der Waals surface area contributed by atoms with Gasteiger partial charge in [0.25, 0.3) is 0 Å². The van der Waals surface area contributed by atoms with Gasteiger partial charge in [0.05, 0.1) is 0 Å². The molecule has 1 aromatic rings. The van der Waals surface area contributed by atoms with E-state index in [2.05, 4.69) is 40.9 Å². The van der Waals surface area contributed by atoms with Gasteiger partial charge in [-0.05, 0) is 44.7 Å². The molecule has 1 N–H and O–H groups in total. The first kappa shape index (κ1) is 12.6. The zero-order valence-electron chi connectivity index (χ0n) is 11.2. The van der Waals surface area contributed by atoms with Gasteiger partial charge in [0.15, 0.2) is 0 Å². The van der Waals surface area contributed by atoms with E-state index in [4.69, 9.17) is 0 Å². The lowest BCUT2D eigenvalue weighted by atomic mass is 10.0. The molecule has 0 bridgehead atoms. The highest BCUT2D eigenvalue weighted by molar-refractivity contribution is 4.96. The molecule has 17 heavy (non-hydrogen) atoms. The lowest BCUT2D eigenvalue weighted by Gasteiger charge is -2.12. The lowest BCUT2D eigenvalue weighted by Crippen LogP contribution is -2.15. The highest BCUT2D eigenvalue weighted by Gasteiger charge is 2.19. The van der Waals surface area contributed by atoms with Gasteiger partial charge in [-0.2, -0.15) is 0 Å². The number of rotatable bonds is 5. The van der Waals surface area contributed by atoms with Crippen LogP contribution in [0, 0.1) is 18.8 Å². The van der Waals surface area contributed by atoms with Crippen LogP contribution in [-0.2, 0) is 13.0 Å². The van der Waals surface area contributed by atoms with Crippen LogP contribution in [0.4, 0.5) is 0 Å². The average molecular weight is 236 g/mol. The predicted octanol–water partition coefficient (Wildman–Crippen LogP) is 1.78. The van der Waals surface area contributed by atoms with Gasteiger partial charge in [-0.1, -0.05) is 13.8 Å². The maximum Gasteiger partial charge on any atom is 0.133 e. The Kier molecular flexibility index (Phi) is 4.15. The molecule has 2 rings (SSSR count). The molecule has 1 aromatic heterocycles. The third-order valence-corrected chi connectivity index (χ3v) is 3.58. The van der Waals surface area contributed by atoms with Gasteiger partial charge >= 0.3 is 0 Å². The van der Waals surface area contributed by atoms with E-state index in [1.165, 1.54) is 18.7 Å². The minimum absolute atomic E-state index is 0.734. The Labute approximate surface area is 104 Å². The minimum atomic E-state index is 0.734. The van der Waals surface area contributed by atoms with Crippen LogP contribution in [0.25, 0.3) is 0 Å². The van der Waals surface area contributed by atoms with Crippen molar-refractivity contribution in [3.05, 3.63) is 11.6 Å². The molecule has 1 aliphatic rings. The van der Waals surface area contributed by atoms with Gasteiger partial charge in [-0.25, -0.2) is 0 Å². The highest BCUT2D eigenvalue weighted by atomic mass is 15.3. The Morgan fingerprint density at radius 3 is 2.88 bits per heavy atom. The van der Waals surface area contributed by atoms with E-state index in [9.17, 15) is 0 Å². The zero-order chi connectivity index (χ0) is 12.3. The quantitative estimate of drug-likeness (QED) is 0.847. The van der Waals surface area contributed by atoms with E-state index in [0.29, 0.717) is 0 Å². The van der Waals surface area contributed by atoms with E-state index < -0.39 is 0 Å². The minimum Gasteiger partial charge on any atom is -0.316 e. The molecule has 0 aliphatic carbocycles. The molecule has 4 nitrogen and oxygen atoms in total. The monoisotopic (exact) mass is 236 g/mol. The first-order chi connectivity index (χ1) is 8.16. The van der Waals surface area contributed by atoms with Crippen molar-refractivity contribution in [2.24, 2.45) is 11.8 Å². The number of hydrogen-bond donors (Lipinski definition) is 1. The molecule has 0 radical (unpaired) electrons. The van der Waals surface area contributed by atoms with Gasteiger partial charge < -0.3 is 9.88 Å². The van der Waals surface area contributed by atoms with Crippen LogP contribution < -0.4 is 5.32 Å². The summed E-state index contributed by atoms with van der Waals surface area (Å²) in [6, 6.07) is 0. The normalized spacial score (nSPS) is 20.4. The van der Waals surface area contributed by atoms with Gasteiger partial charge in [-0.15, -0.1) is 10.2 Å². The molecular formula is C13H24N4. The van der Waals surface area contributed by atoms with Crippen LogP contribution in [0.3, 0.4) is 0 Å². The molecule has 4 heteroatoms. The summed E-state index contributed by atoms with van der Waals surface area (Å²) in [5.41, 5.74) is 0. The molecular weight excluding hydrogens is 212 g/mol. The Balaban J connectivity index is 2.00. The number of aryl methyl sites for hydroxylation is 1. The molecule has 0 amide bonds. The molecule has 1 atom stereocenters. The fourth-order valence-electron chi connectivity index (χ4n) is 2.40. The Bertz CT molecular complexity index is 350. The number of nitrogens with zero attached hydrogens (tertiary/aromatic N) is 3. The predicted molar refractivity (Wildman–Crippen MR) is 68.9 cm³/mol. The molecule has 0 spiro atoms. The number of nitrogens with one attached hydrogen (secondary N) is 1. The lowest BCUT2D eigenvalue weighted by molar-refractivity contribution is 0.479. The second-order valence-electron chi connectivity index (χ2n) is 5.56. The maximum atomic E-state index is 4.34. The topological polar surface area (TPSA) is 42.7 Å². The van der Waals surface area contributed by atoms with Gasteiger partial charge in [0, 0.05) is 13.0 Å². The highest BCUT2D eigenvalue weighted by Crippen LogP contribution is 2.15. The molecule has 2 heterocycles. The SMILES string of the molecule is Cc1nnc(CC2CCNC2)n1CCC(C)C. The molecule has 0 saturated carbocycles. The molecule has 1 saturated heterocycles. The van der Waals surface area contributed by atoms with Crippen molar-refractivity contribution in [1.29, 1.82) is 0 Å². The summed E-state index contributed by atoms with van der Waals surface area (Å²) in [6.45, 7) is 9.94.